The normalized spacial score (nSPS) is 22.6. The number of pyridine rings is 1. The molecule has 2 aromatic heterocycles. The van der Waals surface area contributed by atoms with Crippen LogP contribution >= 0.6 is 11.3 Å². The van der Waals surface area contributed by atoms with Gasteiger partial charge in [-0.05, 0) is 77.3 Å². The summed E-state index contributed by atoms with van der Waals surface area (Å²) in [7, 11) is 0. The van der Waals surface area contributed by atoms with Crippen molar-refractivity contribution in [1.29, 1.82) is 0 Å². The smallest absolute Gasteiger partial charge is 0.408 e. The summed E-state index contributed by atoms with van der Waals surface area (Å²) in [6, 6.07) is 3.18. The van der Waals surface area contributed by atoms with Crippen molar-refractivity contribution in [3.05, 3.63) is 41.8 Å². The average molecular weight is 819 g/mol. The second-order valence-electron chi connectivity index (χ2n) is 17.6. The fraction of sp³-hybridized carbons (Fsp3) is 0.548. The van der Waals surface area contributed by atoms with E-state index in [9.17, 15) is 29.1 Å². The Kier molecular flexibility index (Phi) is 11.8. The van der Waals surface area contributed by atoms with Gasteiger partial charge in [0.15, 0.2) is 5.13 Å². The van der Waals surface area contributed by atoms with Crippen LogP contribution in [0.4, 0.5) is 9.93 Å². The number of amides is 4. The third kappa shape index (κ3) is 9.22. The fourth-order valence-corrected chi connectivity index (χ4v) is 8.40. The van der Waals surface area contributed by atoms with Crippen LogP contribution in [0.1, 0.15) is 92.6 Å². The van der Waals surface area contributed by atoms with Gasteiger partial charge >= 0.3 is 12.1 Å². The van der Waals surface area contributed by atoms with E-state index in [4.69, 9.17) is 19.2 Å². The van der Waals surface area contributed by atoms with Gasteiger partial charge in [0.05, 0.1) is 17.8 Å². The average Bonchev–Trinajstić information content (AvgIpc) is 3.54. The van der Waals surface area contributed by atoms with Crippen LogP contribution in [0, 0.1) is 18.3 Å². The summed E-state index contributed by atoms with van der Waals surface area (Å²) in [5.41, 5.74) is -0.560. The predicted octanol–water partition coefficient (Wildman–Crippen LogP) is 6.38. The molecule has 3 aliphatic rings. The van der Waals surface area contributed by atoms with Crippen molar-refractivity contribution in [2.24, 2.45) is 11.3 Å². The highest BCUT2D eigenvalue weighted by atomic mass is 32.1. The van der Waals surface area contributed by atoms with Crippen molar-refractivity contribution in [3.8, 4) is 22.9 Å². The number of hydrogen-bond donors (Lipinski definition) is 4. The van der Waals surface area contributed by atoms with E-state index in [1.807, 2.05) is 60.6 Å². The zero-order valence-corrected chi connectivity index (χ0v) is 35.2. The number of ether oxygens (including phenoxy) is 3. The molecule has 3 aromatic rings. The molecule has 4 N–H and O–H groups in total. The second-order valence-corrected chi connectivity index (χ2v) is 18.4. The molecule has 58 heavy (non-hydrogen) atoms. The number of anilines is 1. The largest absolute Gasteiger partial charge is 0.488 e. The second kappa shape index (κ2) is 16.2. The number of aliphatic carboxylic acids is 1. The van der Waals surface area contributed by atoms with Gasteiger partial charge in [0.2, 0.25) is 17.7 Å². The Bertz CT molecular complexity index is 2120. The van der Waals surface area contributed by atoms with Gasteiger partial charge in [-0.1, -0.05) is 26.8 Å². The lowest BCUT2D eigenvalue weighted by Crippen LogP contribution is -2.59. The molecular weight excluding hydrogens is 765 g/mol. The molecule has 0 bridgehead atoms. The maximum atomic E-state index is 14.7. The standard InChI is InChI=1S/C42H54N6O9S/c1-10-24-19-42(24,37(52)53)47-35(50)30-17-26(20-48(30)36(51)34(40(4,5)6)46-39(54)56-25-13-11-12-14-25)55-32-18-28(29-21-58-38(45-29)43-23(3)49)44-33-22(2)31(16-15-27(32)33)57-41(7,8)9/h10,15-16,18,21,24-26,30,34H,1,11-14,17,19-20H2,2-9H3,(H,46,54)(H,47,50)(H,52,53)(H,43,45,49)/t24-,26?,30+,34-,42-/m1/s1. The number of alkyl carbamates (subject to hydrolysis) is 1. The number of aryl methyl sites for hydroxylation is 1. The van der Waals surface area contributed by atoms with Crippen molar-refractivity contribution < 1.29 is 43.3 Å². The first-order valence-electron chi connectivity index (χ1n) is 19.7. The van der Waals surface area contributed by atoms with Gasteiger partial charge in [-0.3, -0.25) is 14.4 Å². The zero-order chi connectivity index (χ0) is 42.3. The number of hydrogen-bond acceptors (Lipinski definition) is 11. The third-order valence-electron chi connectivity index (χ3n) is 10.7. The van der Waals surface area contributed by atoms with E-state index in [1.165, 1.54) is 29.2 Å². The number of carbonyl (C=O) groups excluding carboxylic acids is 4. The molecule has 5 atom stereocenters. The lowest BCUT2D eigenvalue weighted by Gasteiger charge is -2.35. The quantitative estimate of drug-likeness (QED) is 0.148. The molecule has 312 valence electrons. The lowest BCUT2D eigenvalue weighted by atomic mass is 9.85. The molecule has 2 saturated carbocycles. The van der Waals surface area contributed by atoms with Crippen LogP contribution in [-0.4, -0.2) is 91.7 Å². The molecule has 3 fully saturated rings. The molecular formula is C42H54N6O9S. The fourth-order valence-electron chi connectivity index (χ4n) is 7.64. The summed E-state index contributed by atoms with van der Waals surface area (Å²) in [4.78, 5) is 77.2. The number of fused-ring (bicyclic) bond motifs is 1. The zero-order valence-electron chi connectivity index (χ0n) is 34.4. The predicted molar refractivity (Wildman–Crippen MR) is 219 cm³/mol. The van der Waals surface area contributed by atoms with Crippen LogP contribution in [0.25, 0.3) is 22.3 Å². The topological polar surface area (TPSA) is 198 Å². The van der Waals surface area contributed by atoms with Crippen molar-refractivity contribution in [2.45, 2.75) is 129 Å². The van der Waals surface area contributed by atoms with E-state index >= 15 is 0 Å². The molecule has 1 unspecified atom stereocenters. The Morgan fingerprint density at radius 1 is 1.03 bits per heavy atom. The Hall–Kier alpha value is -5.25. The van der Waals surface area contributed by atoms with Crippen LogP contribution in [-0.2, 0) is 23.9 Å². The van der Waals surface area contributed by atoms with E-state index in [2.05, 4.69) is 27.5 Å². The van der Waals surface area contributed by atoms with Gasteiger partial charge in [0.1, 0.15) is 52.6 Å². The number of benzene rings is 1. The number of carboxylic acids is 1. The number of carbonyl (C=O) groups is 5. The minimum absolute atomic E-state index is 0.0160. The molecule has 4 amide bonds. The lowest BCUT2D eigenvalue weighted by molar-refractivity contribution is -0.146. The molecule has 2 aliphatic carbocycles. The van der Waals surface area contributed by atoms with E-state index in [0.29, 0.717) is 38.9 Å². The molecule has 3 heterocycles. The summed E-state index contributed by atoms with van der Waals surface area (Å²) in [5, 5.41) is 21.2. The summed E-state index contributed by atoms with van der Waals surface area (Å²) in [6.45, 7) is 18.2. The summed E-state index contributed by atoms with van der Waals surface area (Å²) in [6.07, 6.45) is 3.40. The molecule has 15 nitrogen and oxygen atoms in total. The van der Waals surface area contributed by atoms with E-state index in [0.717, 1.165) is 31.2 Å². The Morgan fingerprint density at radius 2 is 1.74 bits per heavy atom. The molecule has 1 saturated heterocycles. The summed E-state index contributed by atoms with van der Waals surface area (Å²) < 4.78 is 18.7. The van der Waals surface area contributed by atoms with Crippen LogP contribution in [0.15, 0.2) is 36.2 Å². The summed E-state index contributed by atoms with van der Waals surface area (Å²) >= 11 is 1.25. The van der Waals surface area contributed by atoms with Crippen molar-refractivity contribution in [2.75, 3.05) is 11.9 Å². The Morgan fingerprint density at radius 3 is 2.34 bits per heavy atom. The van der Waals surface area contributed by atoms with Gasteiger partial charge < -0.3 is 40.2 Å². The van der Waals surface area contributed by atoms with Crippen molar-refractivity contribution >= 4 is 57.2 Å². The van der Waals surface area contributed by atoms with Gasteiger partial charge in [-0.25, -0.2) is 19.6 Å². The maximum absolute atomic E-state index is 14.7. The molecule has 1 aromatic carbocycles. The van der Waals surface area contributed by atoms with Crippen molar-refractivity contribution in [1.82, 2.24) is 25.5 Å². The van der Waals surface area contributed by atoms with E-state index in [1.54, 1.807) is 11.4 Å². The summed E-state index contributed by atoms with van der Waals surface area (Å²) in [5.74, 6) is -2.09. The number of aromatic nitrogens is 2. The highest BCUT2D eigenvalue weighted by molar-refractivity contribution is 7.14. The number of carboxylic acid groups (broad SMARTS) is 1. The van der Waals surface area contributed by atoms with Gasteiger partial charge in [-0.15, -0.1) is 17.9 Å². The SMILES string of the molecule is C=C[C@@H]1C[C@]1(NC(=O)[C@@H]1CC(Oc2cc(-c3csc(NC(C)=O)n3)nc3c(C)c(OC(C)(C)C)ccc23)CN1C(=O)[C@@H](NC(=O)OC1CCCC1)C(C)(C)C)C(=O)O. The van der Waals surface area contributed by atoms with E-state index in [-0.39, 0.29) is 31.4 Å². The molecule has 0 spiro atoms. The minimum atomic E-state index is -1.54. The maximum Gasteiger partial charge on any atom is 0.408 e. The van der Waals surface area contributed by atoms with Crippen LogP contribution in [0.2, 0.25) is 0 Å². The third-order valence-corrected chi connectivity index (χ3v) is 11.5. The molecule has 16 heteroatoms. The molecule has 1 aliphatic heterocycles. The monoisotopic (exact) mass is 818 g/mol. The molecule has 0 radical (unpaired) electrons. The van der Waals surface area contributed by atoms with E-state index < -0.39 is 64.5 Å². The van der Waals surface area contributed by atoms with Gasteiger partial charge in [0, 0.05) is 41.7 Å². The highest BCUT2D eigenvalue weighted by Gasteiger charge is 2.61. The first kappa shape index (κ1) is 42.4. The van der Waals surface area contributed by atoms with Crippen molar-refractivity contribution in [3.63, 3.8) is 0 Å². The Balaban J connectivity index is 1.37. The Labute approximate surface area is 342 Å². The first-order valence-corrected chi connectivity index (χ1v) is 20.6. The number of nitrogens with one attached hydrogen (secondary N) is 3. The minimum Gasteiger partial charge on any atom is -0.488 e. The van der Waals surface area contributed by atoms with Gasteiger partial charge in [0.25, 0.3) is 0 Å². The van der Waals surface area contributed by atoms with Crippen LogP contribution in [0.3, 0.4) is 0 Å². The molecule has 6 rings (SSSR count). The number of likely N-dealkylation sites (tertiary alicyclic amines) is 1. The highest BCUT2D eigenvalue weighted by Crippen LogP contribution is 2.45. The number of nitrogens with zero attached hydrogens (tertiary/aromatic N) is 3. The first-order chi connectivity index (χ1) is 27.2. The number of thiazole rings is 1. The van der Waals surface area contributed by atoms with Crippen LogP contribution in [0.5, 0.6) is 11.5 Å². The number of rotatable bonds is 12. The van der Waals surface area contributed by atoms with Crippen LogP contribution < -0.4 is 25.4 Å². The van der Waals surface area contributed by atoms with Gasteiger partial charge in [-0.2, -0.15) is 0 Å².